The average Bonchev–Trinajstić information content (AvgIpc) is 2.54. The molecule has 0 saturated heterocycles. The van der Waals surface area contributed by atoms with E-state index in [0.717, 1.165) is 15.7 Å². The van der Waals surface area contributed by atoms with Gasteiger partial charge in [0.1, 0.15) is 5.75 Å². The molecular weight excluding hydrogens is 400 g/mol. The summed E-state index contributed by atoms with van der Waals surface area (Å²) in [6, 6.07) is 11.6. The minimum absolute atomic E-state index is 0.238. The van der Waals surface area contributed by atoms with E-state index in [1.54, 1.807) is 13.2 Å². The lowest BCUT2D eigenvalue weighted by molar-refractivity contribution is 0.0974. The first-order chi connectivity index (χ1) is 11.8. The minimum Gasteiger partial charge on any atom is -0.496 e. The lowest BCUT2D eigenvalue weighted by atomic mass is 10.0. The van der Waals surface area contributed by atoms with Crippen molar-refractivity contribution in [2.75, 3.05) is 12.4 Å². The standard InChI is InChI=1S/C19H21BrN2O2S/c1-11(2)13-5-7-15(8-6-13)21-19(25)22-18(23)16-10-14(20)9-12(3)17(16)24-4/h5-11H,1-4H3,(H2,21,22,23,25). The molecule has 0 fully saturated rings. The fourth-order valence-corrected chi connectivity index (χ4v) is 3.24. The molecule has 6 heteroatoms. The van der Waals surface area contributed by atoms with Gasteiger partial charge in [-0.05, 0) is 60.5 Å². The van der Waals surface area contributed by atoms with Crippen molar-refractivity contribution in [2.24, 2.45) is 0 Å². The van der Waals surface area contributed by atoms with Crippen molar-refractivity contribution in [2.45, 2.75) is 26.7 Å². The number of hydrogen-bond acceptors (Lipinski definition) is 3. The van der Waals surface area contributed by atoms with Crippen molar-refractivity contribution >= 4 is 44.9 Å². The molecule has 0 atom stereocenters. The third-order valence-corrected chi connectivity index (χ3v) is 4.41. The van der Waals surface area contributed by atoms with Crippen LogP contribution in [0.1, 0.15) is 41.3 Å². The van der Waals surface area contributed by atoms with Crippen LogP contribution in [0.4, 0.5) is 5.69 Å². The molecular formula is C19H21BrN2O2S. The molecule has 0 saturated carbocycles. The Kier molecular flexibility index (Phi) is 6.56. The molecule has 25 heavy (non-hydrogen) atoms. The topological polar surface area (TPSA) is 50.4 Å². The van der Waals surface area contributed by atoms with Crippen LogP contribution in [0.2, 0.25) is 0 Å². The molecule has 2 N–H and O–H groups in total. The van der Waals surface area contributed by atoms with Crippen LogP contribution < -0.4 is 15.4 Å². The quantitative estimate of drug-likeness (QED) is 0.681. The zero-order valence-electron chi connectivity index (χ0n) is 14.6. The second-order valence-corrected chi connectivity index (χ2v) is 7.31. The molecule has 0 unspecified atom stereocenters. The largest absolute Gasteiger partial charge is 0.496 e. The van der Waals surface area contributed by atoms with Crippen molar-refractivity contribution in [1.82, 2.24) is 5.32 Å². The molecule has 2 aromatic carbocycles. The van der Waals surface area contributed by atoms with Crippen molar-refractivity contribution in [3.8, 4) is 5.75 Å². The number of thiocarbonyl (C=S) groups is 1. The zero-order valence-corrected chi connectivity index (χ0v) is 17.0. The number of methoxy groups -OCH3 is 1. The molecule has 0 aliphatic heterocycles. The Hall–Kier alpha value is -1.92. The number of aryl methyl sites for hydroxylation is 1. The van der Waals surface area contributed by atoms with E-state index in [-0.39, 0.29) is 11.0 Å². The number of carbonyl (C=O) groups is 1. The van der Waals surface area contributed by atoms with Crippen LogP contribution in [-0.4, -0.2) is 18.1 Å². The van der Waals surface area contributed by atoms with Gasteiger partial charge in [0.15, 0.2) is 5.11 Å². The first-order valence-electron chi connectivity index (χ1n) is 7.88. The minimum atomic E-state index is -0.322. The van der Waals surface area contributed by atoms with Gasteiger partial charge in [-0.1, -0.05) is 41.9 Å². The highest BCUT2D eigenvalue weighted by Crippen LogP contribution is 2.27. The highest BCUT2D eigenvalue weighted by atomic mass is 79.9. The molecule has 0 spiro atoms. The van der Waals surface area contributed by atoms with Gasteiger partial charge in [-0.2, -0.15) is 0 Å². The summed E-state index contributed by atoms with van der Waals surface area (Å²) < 4.78 is 6.15. The van der Waals surface area contributed by atoms with Gasteiger partial charge < -0.3 is 10.1 Å². The summed E-state index contributed by atoms with van der Waals surface area (Å²) in [5, 5.41) is 5.95. The zero-order chi connectivity index (χ0) is 18.6. The van der Waals surface area contributed by atoms with E-state index in [1.807, 2.05) is 37.3 Å². The second kappa shape index (κ2) is 8.45. The van der Waals surface area contributed by atoms with E-state index in [2.05, 4.69) is 40.4 Å². The Morgan fingerprint density at radius 1 is 1.20 bits per heavy atom. The molecule has 0 radical (unpaired) electrons. The van der Waals surface area contributed by atoms with Crippen LogP contribution in [0.3, 0.4) is 0 Å². The summed E-state index contributed by atoms with van der Waals surface area (Å²) in [5.74, 6) is 0.676. The van der Waals surface area contributed by atoms with E-state index < -0.39 is 0 Å². The molecule has 132 valence electrons. The van der Waals surface area contributed by atoms with Crippen molar-refractivity contribution in [3.05, 3.63) is 57.6 Å². The van der Waals surface area contributed by atoms with Crippen molar-refractivity contribution in [1.29, 1.82) is 0 Å². The van der Waals surface area contributed by atoms with E-state index in [1.165, 1.54) is 5.56 Å². The number of nitrogens with one attached hydrogen (secondary N) is 2. The second-order valence-electron chi connectivity index (χ2n) is 5.99. The van der Waals surface area contributed by atoms with Crippen LogP contribution in [0.5, 0.6) is 5.75 Å². The molecule has 0 aliphatic carbocycles. The number of carbonyl (C=O) groups excluding carboxylic acids is 1. The summed E-state index contributed by atoms with van der Waals surface area (Å²) in [4.78, 5) is 12.5. The van der Waals surface area contributed by atoms with Gasteiger partial charge in [0, 0.05) is 10.2 Å². The molecule has 2 aromatic rings. The van der Waals surface area contributed by atoms with Crippen LogP contribution in [0, 0.1) is 6.92 Å². The number of halogens is 1. The van der Waals surface area contributed by atoms with E-state index in [0.29, 0.717) is 17.2 Å². The molecule has 1 amide bonds. The summed E-state index contributed by atoms with van der Waals surface area (Å²) in [5.41, 5.74) is 3.36. The predicted molar refractivity (Wildman–Crippen MR) is 110 cm³/mol. The van der Waals surface area contributed by atoms with Crippen LogP contribution >= 0.6 is 28.1 Å². The Balaban J connectivity index is 2.09. The molecule has 4 nitrogen and oxygen atoms in total. The summed E-state index contributed by atoms with van der Waals surface area (Å²) in [6.45, 7) is 6.16. The lowest BCUT2D eigenvalue weighted by Crippen LogP contribution is -2.34. The molecule has 0 bridgehead atoms. The van der Waals surface area contributed by atoms with Crippen molar-refractivity contribution < 1.29 is 9.53 Å². The lowest BCUT2D eigenvalue weighted by Gasteiger charge is -2.14. The van der Waals surface area contributed by atoms with Gasteiger partial charge in [0.2, 0.25) is 0 Å². The predicted octanol–water partition coefficient (Wildman–Crippen LogP) is 5.02. The highest BCUT2D eigenvalue weighted by Gasteiger charge is 2.16. The third-order valence-electron chi connectivity index (χ3n) is 3.75. The van der Waals surface area contributed by atoms with E-state index >= 15 is 0 Å². The fourth-order valence-electron chi connectivity index (χ4n) is 2.45. The first kappa shape index (κ1) is 19.4. The molecule has 0 aromatic heterocycles. The maximum atomic E-state index is 12.5. The smallest absolute Gasteiger partial charge is 0.261 e. The van der Waals surface area contributed by atoms with Gasteiger partial charge in [0.05, 0.1) is 12.7 Å². The third kappa shape index (κ3) is 5.03. The Morgan fingerprint density at radius 3 is 2.40 bits per heavy atom. The monoisotopic (exact) mass is 420 g/mol. The Morgan fingerprint density at radius 2 is 1.84 bits per heavy atom. The molecule has 0 heterocycles. The average molecular weight is 421 g/mol. The number of amides is 1. The van der Waals surface area contributed by atoms with Gasteiger partial charge in [-0.25, -0.2) is 0 Å². The van der Waals surface area contributed by atoms with Gasteiger partial charge in [-0.15, -0.1) is 0 Å². The maximum Gasteiger partial charge on any atom is 0.261 e. The van der Waals surface area contributed by atoms with Crippen LogP contribution in [0.15, 0.2) is 40.9 Å². The van der Waals surface area contributed by atoms with Gasteiger partial charge >= 0.3 is 0 Å². The fraction of sp³-hybridized carbons (Fsp3) is 0.263. The summed E-state index contributed by atoms with van der Waals surface area (Å²) in [6.07, 6.45) is 0. The van der Waals surface area contributed by atoms with E-state index in [4.69, 9.17) is 17.0 Å². The normalized spacial score (nSPS) is 10.5. The highest BCUT2D eigenvalue weighted by molar-refractivity contribution is 9.10. The Bertz CT molecular complexity index is 789. The SMILES string of the molecule is COc1c(C)cc(Br)cc1C(=O)NC(=S)Nc1ccc(C(C)C)cc1. The number of anilines is 1. The first-order valence-corrected chi connectivity index (χ1v) is 9.08. The van der Waals surface area contributed by atoms with Gasteiger partial charge in [-0.3, -0.25) is 10.1 Å². The Labute approximate surface area is 162 Å². The number of ether oxygens (including phenoxy) is 1. The summed E-state index contributed by atoms with van der Waals surface area (Å²) >= 11 is 8.65. The van der Waals surface area contributed by atoms with Crippen molar-refractivity contribution in [3.63, 3.8) is 0 Å². The van der Waals surface area contributed by atoms with Crippen LogP contribution in [-0.2, 0) is 0 Å². The molecule has 0 aliphatic rings. The van der Waals surface area contributed by atoms with Gasteiger partial charge in [0.25, 0.3) is 5.91 Å². The van der Waals surface area contributed by atoms with Crippen LogP contribution in [0.25, 0.3) is 0 Å². The molecule has 2 rings (SSSR count). The number of hydrogen-bond donors (Lipinski definition) is 2. The maximum absolute atomic E-state index is 12.5. The summed E-state index contributed by atoms with van der Waals surface area (Å²) in [7, 11) is 1.54. The van der Waals surface area contributed by atoms with E-state index in [9.17, 15) is 4.79 Å². The number of benzene rings is 2. The number of rotatable bonds is 4.